The van der Waals surface area contributed by atoms with Crippen LogP contribution in [0.3, 0.4) is 0 Å². The van der Waals surface area contributed by atoms with E-state index in [1.165, 1.54) is 0 Å². The third-order valence-electron chi connectivity index (χ3n) is 2.87. The zero-order valence-electron chi connectivity index (χ0n) is 11.7. The Balaban J connectivity index is 2.12. The summed E-state index contributed by atoms with van der Waals surface area (Å²) in [6, 6.07) is 10.7. The average molecular weight is 288 g/mol. The number of benzene rings is 2. The molecule has 0 aromatic heterocycles. The highest BCUT2D eigenvalue weighted by Crippen LogP contribution is 2.27. The van der Waals surface area contributed by atoms with Gasteiger partial charge in [0.2, 0.25) is 0 Å². The molecular weight excluding hydrogens is 268 g/mol. The predicted molar refractivity (Wildman–Crippen MR) is 86.0 cm³/mol. The topological polar surface area (TPSA) is 120 Å². The second kappa shape index (κ2) is 6.71. The normalized spacial score (nSPS) is 10.3. The van der Waals surface area contributed by atoms with Crippen molar-refractivity contribution in [1.82, 2.24) is 0 Å². The molecule has 21 heavy (non-hydrogen) atoms. The molecule has 6 heteroatoms. The maximum absolute atomic E-state index is 8.84. The molecule has 2 rings (SSSR count). The first-order valence-electron chi connectivity index (χ1n) is 6.60. The Kier molecular flexibility index (Phi) is 4.73. The van der Waals surface area contributed by atoms with Crippen molar-refractivity contribution in [2.24, 2.45) is 0 Å². The van der Waals surface area contributed by atoms with E-state index < -0.39 is 0 Å². The predicted octanol–water partition coefficient (Wildman–Crippen LogP) is 1.42. The van der Waals surface area contributed by atoms with Crippen LogP contribution in [-0.2, 0) is 6.54 Å². The summed E-state index contributed by atoms with van der Waals surface area (Å²) in [5, 5.41) is 12.1. The number of aliphatic hydroxyl groups is 1. The summed E-state index contributed by atoms with van der Waals surface area (Å²) in [4.78, 5) is 0. The summed E-state index contributed by atoms with van der Waals surface area (Å²) >= 11 is 0. The summed E-state index contributed by atoms with van der Waals surface area (Å²) < 4.78 is 5.46. The van der Waals surface area contributed by atoms with Gasteiger partial charge in [-0.25, -0.2) is 0 Å². The molecule has 0 spiro atoms. The molecule has 8 N–H and O–H groups in total. The van der Waals surface area contributed by atoms with E-state index >= 15 is 0 Å². The summed E-state index contributed by atoms with van der Waals surface area (Å²) in [7, 11) is 0. The van der Waals surface area contributed by atoms with E-state index in [0.717, 1.165) is 11.3 Å². The summed E-state index contributed by atoms with van der Waals surface area (Å²) in [6.07, 6.45) is 0. The molecule has 0 radical (unpaired) electrons. The van der Waals surface area contributed by atoms with E-state index in [1.807, 2.05) is 12.1 Å². The fourth-order valence-corrected chi connectivity index (χ4v) is 2.01. The Hall–Kier alpha value is -2.60. The molecular formula is C15H20N4O2. The Morgan fingerprint density at radius 1 is 0.952 bits per heavy atom. The molecule has 0 saturated heterocycles. The van der Waals surface area contributed by atoms with Crippen LogP contribution in [0.1, 0.15) is 5.56 Å². The zero-order chi connectivity index (χ0) is 15.2. The second-order valence-electron chi connectivity index (χ2n) is 4.69. The van der Waals surface area contributed by atoms with E-state index in [2.05, 4.69) is 5.32 Å². The van der Waals surface area contributed by atoms with Gasteiger partial charge < -0.3 is 32.4 Å². The lowest BCUT2D eigenvalue weighted by atomic mass is 10.1. The summed E-state index contributed by atoms with van der Waals surface area (Å²) in [5.41, 5.74) is 20.9. The van der Waals surface area contributed by atoms with Gasteiger partial charge in [-0.1, -0.05) is 0 Å². The number of rotatable bonds is 6. The fraction of sp³-hybridized carbons (Fsp3) is 0.200. The molecule has 2 aromatic carbocycles. The van der Waals surface area contributed by atoms with Crippen LogP contribution in [0.5, 0.6) is 5.75 Å². The van der Waals surface area contributed by atoms with Crippen molar-refractivity contribution >= 4 is 22.7 Å². The molecule has 112 valence electrons. The second-order valence-corrected chi connectivity index (χ2v) is 4.69. The molecule has 0 aliphatic heterocycles. The quantitative estimate of drug-likeness (QED) is 0.513. The number of anilines is 4. The molecule has 6 nitrogen and oxygen atoms in total. The lowest BCUT2D eigenvalue weighted by Gasteiger charge is -2.14. The Bertz CT molecular complexity index is 596. The molecule has 0 fully saturated rings. The monoisotopic (exact) mass is 288 g/mol. The van der Waals surface area contributed by atoms with Gasteiger partial charge in [-0.3, -0.25) is 0 Å². The Morgan fingerprint density at radius 3 is 2.33 bits per heavy atom. The lowest BCUT2D eigenvalue weighted by molar-refractivity contribution is 0.202. The summed E-state index contributed by atoms with van der Waals surface area (Å²) in [5.74, 6) is 0.634. The highest BCUT2D eigenvalue weighted by Gasteiger charge is 2.05. The fourth-order valence-electron chi connectivity index (χ4n) is 2.01. The number of ether oxygens (including phenoxy) is 1. The first-order valence-corrected chi connectivity index (χ1v) is 6.60. The van der Waals surface area contributed by atoms with Crippen LogP contribution in [-0.4, -0.2) is 18.3 Å². The molecule has 0 aliphatic carbocycles. The number of nitrogens with two attached hydrogens (primary N) is 3. The van der Waals surface area contributed by atoms with Crippen LogP contribution in [0.4, 0.5) is 22.7 Å². The maximum Gasteiger partial charge on any atom is 0.142 e. The number of aliphatic hydroxyl groups excluding tert-OH is 1. The van der Waals surface area contributed by atoms with Crippen molar-refractivity contribution in [3.05, 3.63) is 42.0 Å². The Labute approximate surface area is 123 Å². The van der Waals surface area contributed by atoms with Crippen LogP contribution in [0.15, 0.2) is 36.4 Å². The smallest absolute Gasteiger partial charge is 0.142 e. The van der Waals surface area contributed by atoms with Crippen molar-refractivity contribution < 1.29 is 9.84 Å². The molecule has 0 atom stereocenters. The highest BCUT2D eigenvalue weighted by atomic mass is 16.5. The van der Waals surface area contributed by atoms with Gasteiger partial charge >= 0.3 is 0 Å². The largest absolute Gasteiger partial charge is 0.489 e. The molecule has 2 aromatic rings. The van der Waals surface area contributed by atoms with Gasteiger partial charge in [-0.15, -0.1) is 0 Å². The lowest BCUT2D eigenvalue weighted by Crippen LogP contribution is -2.07. The minimum Gasteiger partial charge on any atom is -0.489 e. The molecule has 0 heterocycles. The van der Waals surface area contributed by atoms with E-state index in [0.29, 0.717) is 29.4 Å². The van der Waals surface area contributed by atoms with Crippen LogP contribution in [0, 0.1) is 0 Å². The van der Waals surface area contributed by atoms with E-state index in [1.54, 1.807) is 24.3 Å². The molecule has 0 saturated carbocycles. The van der Waals surface area contributed by atoms with Crippen LogP contribution < -0.4 is 27.3 Å². The van der Waals surface area contributed by atoms with Crippen molar-refractivity contribution in [3.8, 4) is 5.75 Å². The maximum atomic E-state index is 8.84. The van der Waals surface area contributed by atoms with Gasteiger partial charge in [-0.2, -0.15) is 0 Å². The number of nitrogen functional groups attached to an aromatic ring is 3. The standard InChI is InChI=1S/C15H20N4O2/c16-11-1-2-15(21-4-3-20)14(8-11)19-9-10-5-12(17)7-13(18)6-10/h1-2,5-8,19-20H,3-4,9,16-18H2. The van der Waals surface area contributed by atoms with Gasteiger partial charge in [-0.05, 0) is 42.0 Å². The minimum absolute atomic E-state index is 0.0461. The zero-order valence-corrected chi connectivity index (χ0v) is 11.7. The molecule has 0 amide bonds. The van der Waals surface area contributed by atoms with E-state index in [4.69, 9.17) is 27.0 Å². The van der Waals surface area contributed by atoms with Crippen molar-refractivity contribution in [3.63, 3.8) is 0 Å². The first-order chi connectivity index (χ1) is 10.1. The highest BCUT2D eigenvalue weighted by molar-refractivity contribution is 5.64. The van der Waals surface area contributed by atoms with Crippen molar-refractivity contribution in [1.29, 1.82) is 0 Å². The van der Waals surface area contributed by atoms with Crippen molar-refractivity contribution in [2.75, 3.05) is 35.7 Å². The number of hydrogen-bond donors (Lipinski definition) is 5. The summed E-state index contributed by atoms with van der Waals surface area (Å²) in [6.45, 7) is 0.716. The van der Waals surface area contributed by atoms with Gasteiger partial charge in [0.25, 0.3) is 0 Å². The Morgan fingerprint density at radius 2 is 1.67 bits per heavy atom. The van der Waals surface area contributed by atoms with Gasteiger partial charge in [0.1, 0.15) is 12.4 Å². The van der Waals surface area contributed by atoms with E-state index in [9.17, 15) is 0 Å². The number of nitrogens with one attached hydrogen (secondary N) is 1. The van der Waals surface area contributed by atoms with Gasteiger partial charge in [0, 0.05) is 23.6 Å². The molecule has 0 unspecified atom stereocenters. The SMILES string of the molecule is Nc1cc(N)cc(CNc2cc(N)ccc2OCCO)c1. The van der Waals surface area contributed by atoms with E-state index in [-0.39, 0.29) is 13.2 Å². The van der Waals surface area contributed by atoms with Gasteiger partial charge in [0.15, 0.2) is 0 Å². The molecule has 0 aliphatic rings. The third-order valence-corrected chi connectivity index (χ3v) is 2.87. The minimum atomic E-state index is -0.0461. The third kappa shape index (κ3) is 4.19. The van der Waals surface area contributed by atoms with Crippen molar-refractivity contribution in [2.45, 2.75) is 6.54 Å². The average Bonchev–Trinajstić information content (AvgIpc) is 2.43. The van der Waals surface area contributed by atoms with Crippen LogP contribution >= 0.6 is 0 Å². The molecule has 0 bridgehead atoms. The van der Waals surface area contributed by atoms with Crippen LogP contribution in [0.25, 0.3) is 0 Å². The number of hydrogen-bond acceptors (Lipinski definition) is 6. The first kappa shape index (κ1) is 14.8. The van der Waals surface area contributed by atoms with Gasteiger partial charge in [0.05, 0.1) is 12.3 Å². The van der Waals surface area contributed by atoms with Crippen LogP contribution in [0.2, 0.25) is 0 Å².